The van der Waals surface area contributed by atoms with E-state index in [1.165, 1.54) is 5.56 Å². The summed E-state index contributed by atoms with van der Waals surface area (Å²) >= 11 is 3.51. The third kappa shape index (κ3) is 3.39. The molecular weight excluding hydrogens is 402 g/mol. The molecule has 2 aromatic rings. The number of ketones is 1. The number of carbonyl (C=O) groups excluding carboxylic acids is 2. The predicted octanol–water partition coefficient (Wildman–Crippen LogP) is 5.54. The molecule has 0 N–H and O–H groups in total. The van der Waals surface area contributed by atoms with Crippen LogP contribution in [0.3, 0.4) is 0 Å². The van der Waals surface area contributed by atoms with E-state index >= 15 is 0 Å². The molecule has 1 atom stereocenters. The van der Waals surface area contributed by atoms with Gasteiger partial charge in [0, 0.05) is 40.2 Å². The molecular formula is C23H22BrNO2. The van der Waals surface area contributed by atoms with Gasteiger partial charge in [-0.15, -0.1) is 0 Å². The van der Waals surface area contributed by atoms with E-state index in [1.807, 2.05) is 36.4 Å². The molecule has 138 valence electrons. The molecule has 1 amide bonds. The molecule has 2 aliphatic rings. The number of carbonyl (C=O) groups is 2. The van der Waals surface area contributed by atoms with Crippen LogP contribution in [0.25, 0.3) is 0 Å². The first-order valence-corrected chi connectivity index (χ1v) is 10.3. The van der Waals surface area contributed by atoms with Crippen molar-refractivity contribution in [3.05, 3.63) is 75.4 Å². The first-order chi connectivity index (χ1) is 13.1. The highest BCUT2D eigenvalue weighted by molar-refractivity contribution is 9.10. The first-order valence-electron chi connectivity index (χ1n) is 9.52. The Bertz CT molecular complexity index is 930. The van der Waals surface area contributed by atoms with Crippen LogP contribution in [0.2, 0.25) is 0 Å². The summed E-state index contributed by atoms with van der Waals surface area (Å²) in [5, 5.41) is 0. The van der Waals surface area contributed by atoms with Crippen molar-refractivity contribution in [1.29, 1.82) is 0 Å². The van der Waals surface area contributed by atoms with Crippen LogP contribution in [-0.4, -0.2) is 11.7 Å². The summed E-state index contributed by atoms with van der Waals surface area (Å²) in [6, 6.07) is 16.1. The molecule has 0 bridgehead atoms. The molecule has 0 saturated carbocycles. The normalized spacial score (nSPS) is 20.1. The van der Waals surface area contributed by atoms with Crippen molar-refractivity contribution in [3.8, 4) is 0 Å². The van der Waals surface area contributed by atoms with Gasteiger partial charge < -0.3 is 0 Å². The van der Waals surface area contributed by atoms with Gasteiger partial charge in [-0.3, -0.25) is 14.5 Å². The number of amides is 1. The summed E-state index contributed by atoms with van der Waals surface area (Å²) in [7, 11) is 0. The van der Waals surface area contributed by atoms with Crippen molar-refractivity contribution in [2.24, 2.45) is 0 Å². The molecule has 4 heteroatoms. The molecule has 0 spiro atoms. The number of allylic oxidation sites excluding steroid dienone is 2. The van der Waals surface area contributed by atoms with Crippen LogP contribution >= 0.6 is 15.9 Å². The van der Waals surface area contributed by atoms with E-state index in [1.54, 1.807) is 4.90 Å². The number of nitrogens with zero attached hydrogens (tertiary/aromatic N) is 1. The highest BCUT2D eigenvalue weighted by Crippen LogP contribution is 2.43. The lowest BCUT2D eigenvalue weighted by Gasteiger charge is -2.38. The van der Waals surface area contributed by atoms with E-state index in [0.717, 1.165) is 46.3 Å². The second-order valence-electron chi connectivity index (χ2n) is 7.20. The standard InChI is InChI=1S/C23H22BrNO2/c1-2-15-9-11-18(12-10-15)25-20-7-4-8-21(26)23(20)19(14-22(25)27)16-5-3-6-17(24)13-16/h3,5-6,9-13,19H,2,4,7-8,14H2,1H3. The summed E-state index contributed by atoms with van der Waals surface area (Å²) in [5.41, 5.74) is 4.87. The van der Waals surface area contributed by atoms with E-state index in [9.17, 15) is 9.59 Å². The average Bonchev–Trinajstić information content (AvgIpc) is 2.68. The van der Waals surface area contributed by atoms with Crippen LogP contribution in [0.15, 0.2) is 64.3 Å². The second kappa shape index (κ2) is 7.43. The highest BCUT2D eigenvalue weighted by Gasteiger charge is 2.39. The number of benzene rings is 2. The summed E-state index contributed by atoms with van der Waals surface area (Å²) in [4.78, 5) is 27.8. The third-order valence-corrected chi connectivity index (χ3v) is 6.02. The van der Waals surface area contributed by atoms with Gasteiger partial charge in [0.25, 0.3) is 0 Å². The molecule has 1 heterocycles. The molecule has 0 fully saturated rings. The lowest BCUT2D eigenvalue weighted by molar-refractivity contribution is -0.119. The lowest BCUT2D eigenvalue weighted by atomic mass is 9.77. The van der Waals surface area contributed by atoms with Crippen LogP contribution in [-0.2, 0) is 16.0 Å². The summed E-state index contributed by atoms with van der Waals surface area (Å²) in [6.07, 6.45) is 3.44. The van der Waals surface area contributed by atoms with Gasteiger partial charge in [0.15, 0.2) is 5.78 Å². The lowest BCUT2D eigenvalue weighted by Crippen LogP contribution is -2.40. The van der Waals surface area contributed by atoms with Crippen LogP contribution < -0.4 is 4.90 Å². The van der Waals surface area contributed by atoms with Gasteiger partial charge in [0.05, 0.1) is 0 Å². The Morgan fingerprint density at radius 2 is 1.85 bits per heavy atom. The van der Waals surface area contributed by atoms with Gasteiger partial charge in [0.1, 0.15) is 0 Å². The zero-order valence-corrected chi connectivity index (χ0v) is 17.0. The molecule has 4 rings (SSSR count). The number of rotatable bonds is 3. The maximum Gasteiger partial charge on any atom is 0.232 e. The Hall–Kier alpha value is -2.20. The minimum atomic E-state index is -0.149. The predicted molar refractivity (Wildman–Crippen MR) is 111 cm³/mol. The Balaban J connectivity index is 1.83. The molecule has 27 heavy (non-hydrogen) atoms. The average molecular weight is 424 g/mol. The van der Waals surface area contributed by atoms with Crippen LogP contribution in [0, 0.1) is 0 Å². The van der Waals surface area contributed by atoms with Gasteiger partial charge in [0.2, 0.25) is 5.91 Å². The fraction of sp³-hybridized carbons (Fsp3) is 0.304. The van der Waals surface area contributed by atoms with Crippen LogP contribution in [0.5, 0.6) is 0 Å². The fourth-order valence-corrected chi connectivity index (χ4v) is 4.60. The SMILES string of the molecule is CCc1ccc(N2C(=O)CC(c3cccc(Br)c3)C3=C2CCCC3=O)cc1. The number of hydrogen-bond donors (Lipinski definition) is 0. The highest BCUT2D eigenvalue weighted by atomic mass is 79.9. The monoisotopic (exact) mass is 423 g/mol. The number of hydrogen-bond acceptors (Lipinski definition) is 2. The topological polar surface area (TPSA) is 37.4 Å². The smallest absolute Gasteiger partial charge is 0.232 e. The van der Waals surface area contributed by atoms with Gasteiger partial charge >= 0.3 is 0 Å². The van der Waals surface area contributed by atoms with E-state index in [4.69, 9.17) is 0 Å². The van der Waals surface area contributed by atoms with E-state index < -0.39 is 0 Å². The van der Waals surface area contributed by atoms with Crippen LogP contribution in [0.4, 0.5) is 5.69 Å². The van der Waals surface area contributed by atoms with E-state index in [-0.39, 0.29) is 17.6 Å². The molecule has 1 unspecified atom stereocenters. The first kappa shape index (κ1) is 18.2. The van der Waals surface area contributed by atoms with E-state index in [0.29, 0.717) is 12.8 Å². The van der Waals surface area contributed by atoms with Crippen molar-refractivity contribution < 1.29 is 9.59 Å². The number of anilines is 1. The van der Waals surface area contributed by atoms with Gasteiger partial charge in [-0.05, 0) is 54.7 Å². The molecule has 0 radical (unpaired) electrons. The molecule has 3 nitrogen and oxygen atoms in total. The van der Waals surface area contributed by atoms with E-state index in [2.05, 4.69) is 35.0 Å². The molecule has 2 aromatic carbocycles. The Morgan fingerprint density at radius 1 is 1.07 bits per heavy atom. The molecule has 0 saturated heterocycles. The summed E-state index contributed by atoms with van der Waals surface area (Å²) in [5.74, 6) is 0.102. The van der Waals surface area contributed by atoms with Gasteiger partial charge in [-0.25, -0.2) is 0 Å². The zero-order chi connectivity index (χ0) is 19.0. The molecule has 0 aromatic heterocycles. The summed E-state index contributed by atoms with van der Waals surface area (Å²) < 4.78 is 0.968. The van der Waals surface area contributed by atoms with Crippen molar-refractivity contribution >= 4 is 33.3 Å². The number of aryl methyl sites for hydroxylation is 1. The van der Waals surface area contributed by atoms with Crippen molar-refractivity contribution in [2.75, 3.05) is 4.90 Å². The van der Waals surface area contributed by atoms with Gasteiger partial charge in [-0.2, -0.15) is 0 Å². The van der Waals surface area contributed by atoms with Crippen molar-refractivity contribution in [2.45, 2.75) is 44.9 Å². The Morgan fingerprint density at radius 3 is 2.56 bits per heavy atom. The summed E-state index contributed by atoms with van der Waals surface area (Å²) in [6.45, 7) is 2.12. The number of Topliss-reactive ketones (excluding diaryl/α,β-unsaturated/α-hetero) is 1. The Labute approximate surface area is 168 Å². The maximum atomic E-state index is 13.1. The molecule has 1 aliphatic heterocycles. The maximum absolute atomic E-state index is 13.1. The largest absolute Gasteiger partial charge is 0.294 e. The van der Waals surface area contributed by atoms with Crippen molar-refractivity contribution in [3.63, 3.8) is 0 Å². The molecule has 1 aliphatic carbocycles. The minimum Gasteiger partial charge on any atom is -0.294 e. The second-order valence-corrected chi connectivity index (χ2v) is 8.11. The van der Waals surface area contributed by atoms with Gasteiger partial charge in [-0.1, -0.05) is 47.1 Å². The van der Waals surface area contributed by atoms with Crippen molar-refractivity contribution in [1.82, 2.24) is 0 Å². The zero-order valence-electron chi connectivity index (χ0n) is 15.4. The minimum absolute atomic E-state index is 0.0673. The number of halogens is 1. The van der Waals surface area contributed by atoms with Crippen LogP contribution in [0.1, 0.15) is 49.7 Å². The Kier molecular flexibility index (Phi) is 5.00. The third-order valence-electron chi connectivity index (χ3n) is 5.53. The quantitative estimate of drug-likeness (QED) is 0.649. The fourth-order valence-electron chi connectivity index (χ4n) is 4.18.